The fourth-order valence-corrected chi connectivity index (χ4v) is 4.96. The second kappa shape index (κ2) is 9.21. The summed E-state index contributed by atoms with van der Waals surface area (Å²) in [5.74, 6) is 0.486. The van der Waals surface area contributed by atoms with E-state index in [0.29, 0.717) is 25.1 Å². The first-order valence-electron chi connectivity index (χ1n) is 9.48. The first-order valence-corrected chi connectivity index (χ1v) is 11.0. The molecule has 2 aliphatic rings. The minimum absolute atomic E-state index is 0.0962. The lowest BCUT2D eigenvalue weighted by atomic mass is 9.97. The number of amides is 1. The Morgan fingerprint density at radius 2 is 2.07 bits per heavy atom. The van der Waals surface area contributed by atoms with Crippen molar-refractivity contribution in [2.24, 2.45) is 0 Å². The number of nitrogens with zero attached hydrogens (tertiary/aromatic N) is 1. The number of piperidine rings is 1. The Morgan fingerprint density at radius 3 is 2.71 bits per heavy atom. The van der Waals surface area contributed by atoms with Crippen LogP contribution in [0.3, 0.4) is 0 Å². The van der Waals surface area contributed by atoms with E-state index in [1.807, 2.05) is 31.2 Å². The predicted octanol–water partition coefficient (Wildman–Crippen LogP) is 0.698. The molecule has 1 amide bonds. The minimum Gasteiger partial charge on any atom is -0.484 e. The first-order chi connectivity index (χ1) is 13.4. The molecule has 2 saturated heterocycles. The molecule has 0 spiro atoms. The maximum atomic E-state index is 12.8. The number of aryl methyl sites for hydroxylation is 1. The molecular weight excluding hydrogens is 384 g/mol. The standard InChI is InChI=1S/C19H28N2O6S/c1-14-6-3-4-8-18(14)27-13-19(22)21-9-5-7-16(17(21)12-25-2)20-28(23,24)15-10-26-11-15/h3-4,6,8,15-17,20H,5,7,9-13H2,1-2H3/t16-,17-/m0/s1. The van der Waals surface area contributed by atoms with Crippen molar-refractivity contribution in [1.82, 2.24) is 9.62 Å². The summed E-state index contributed by atoms with van der Waals surface area (Å²) in [7, 11) is -1.94. The third kappa shape index (κ3) is 4.83. The topological polar surface area (TPSA) is 94.2 Å². The number of likely N-dealkylation sites (tertiary alicyclic amines) is 1. The van der Waals surface area contributed by atoms with Crippen molar-refractivity contribution >= 4 is 15.9 Å². The molecule has 3 rings (SSSR count). The Bertz CT molecular complexity index is 780. The van der Waals surface area contributed by atoms with Gasteiger partial charge in [0.05, 0.1) is 25.9 Å². The molecule has 0 bridgehead atoms. The van der Waals surface area contributed by atoms with Gasteiger partial charge in [-0.3, -0.25) is 4.79 Å². The van der Waals surface area contributed by atoms with Gasteiger partial charge in [0.1, 0.15) is 11.0 Å². The molecule has 0 aromatic heterocycles. The molecule has 0 unspecified atom stereocenters. The average Bonchev–Trinajstić information content (AvgIpc) is 2.60. The number of nitrogens with one attached hydrogen (secondary N) is 1. The minimum atomic E-state index is -3.48. The SMILES string of the molecule is COC[C@H]1[C@@H](NS(=O)(=O)C2COC2)CCCN1C(=O)COc1ccccc1C. The van der Waals surface area contributed by atoms with E-state index in [1.165, 1.54) is 0 Å². The lowest BCUT2D eigenvalue weighted by Gasteiger charge is -2.42. The number of methoxy groups -OCH3 is 1. The number of para-hydroxylation sites is 1. The second-order valence-electron chi connectivity index (χ2n) is 7.24. The number of hydrogen-bond acceptors (Lipinski definition) is 6. The van der Waals surface area contributed by atoms with Crippen molar-refractivity contribution in [3.8, 4) is 5.75 Å². The van der Waals surface area contributed by atoms with E-state index in [4.69, 9.17) is 14.2 Å². The van der Waals surface area contributed by atoms with Crippen LogP contribution in [0.25, 0.3) is 0 Å². The van der Waals surface area contributed by atoms with Crippen LogP contribution in [0.15, 0.2) is 24.3 Å². The third-order valence-corrected chi connectivity index (χ3v) is 7.02. The maximum absolute atomic E-state index is 12.8. The Hall–Kier alpha value is -1.68. The molecular formula is C19H28N2O6S. The second-order valence-corrected chi connectivity index (χ2v) is 9.23. The van der Waals surface area contributed by atoms with Crippen LogP contribution < -0.4 is 9.46 Å². The summed E-state index contributed by atoms with van der Waals surface area (Å²) in [6.07, 6.45) is 1.37. The maximum Gasteiger partial charge on any atom is 0.260 e. The van der Waals surface area contributed by atoms with Crippen molar-refractivity contribution in [1.29, 1.82) is 0 Å². The van der Waals surface area contributed by atoms with Crippen molar-refractivity contribution in [2.75, 3.05) is 40.1 Å². The van der Waals surface area contributed by atoms with Gasteiger partial charge in [0.25, 0.3) is 5.91 Å². The molecule has 1 aromatic rings. The van der Waals surface area contributed by atoms with E-state index >= 15 is 0 Å². The molecule has 0 saturated carbocycles. The molecule has 2 heterocycles. The number of carbonyl (C=O) groups is 1. The number of rotatable bonds is 8. The van der Waals surface area contributed by atoms with Gasteiger partial charge in [0.2, 0.25) is 10.0 Å². The fraction of sp³-hybridized carbons (Fsp3) is 0.632. The smallest absolute Gasteiger partial charge is 0.260 e. The predicted molar refractivity (Wildman–Crippen MR) is 104 cm³/mol. The first kappa shape index (κ1) is 21.0. The van der Waals surface area contributed by atoms with Crippen molar-refractivity contribution in [3.05, 3.63) is 29.8 Å². The van der Waals surface area contributed by atoms with Crippen LogP contribution in [-0.4, -0.2) is 76.6 Å². The summed E-state index contributed by atoms with van der Waals surface area (Å²) in [5.41, 5.74) is 0.954. The molecule has 28 heavy (non-hydrogen) atoms. The van der Waals surface area contributed by atoms with Gasteiger partial charge in [-0.1, -0.05) is 18.2 Å². The summed E-state index contributed by atoms with van der Waals surface area (Å²) in [4.78, 5) is 14.5. The molecule has 2 atom stereocenters. The lowest BCUT2D eigenvalue weighted by molar-refractivity contribution is -0.139. The Kier molecular flexibility index (Phi) is 6.92. The largest absolute Gasteiger partial charge is 0.484 e. The number of ether oxygens (including phenoxy) is 3. The van der Waals surface area contributed by atoms with Gasteiger partial charge in [0, 0.05) is 19.7 Å². The van der Waals surface area contributed by atoms with Crippen LogP contribution in [0.2, 0.25) is 0 Å². The van der Waals surface area contributed by atoms with E-state index in [-0.39, 0.29) is 44.4 Å². The van der Waals surface area contributed by atoms with Gasteiger partial charge in [-0.2, -0.15) is 0 Å². The van der Waals surface area contributed by atoms with Gasteiger partial charge in [0.15, 0.2) is 6.61 Å². The zero-order chi connectivity index (χ0) is 20.1. The summed E-state index contributed by atoms with van der Waals surface area (Å²) >= 11 is 0. The average molecular weight is 413 g/mol. The van der Waals surface area contributed by atoms with Crippen molar-refractivity contribution in [3.63, 3.8) is 0 Å². The van der Waals surface area contributed by atoms with Crippen molar-refractivity contribution < 1.29 is 27.4 Å². The summed E-state index contributed by atoms with van der Waals surface area (Å²) in [6, 6.07) is 6.75. The van der Waals surface area contributed by atoms with Crippen LogP contribution in [0, 0.1) is 6.92 Å². The Morgan fingerprint density at radius 1 is 1.32 bits per heavy atom. The quantitative estimate of drug-likeness (QED) is 0.676. The number of hydrogen-bond donors (Lipinski definition) is 1. The van der Waals surface area contributed by atoms with E-state index < -0.39 is 15.3 Å². The van der Waals surface area contributed by atoms with Gasteiger partial charge < -0.3 is 19.1 Å². The summed E-state index contributed by atoms with van der Waals surface area (Å²) in [5, 5.41) is -0.522. The van der Waals surface area contributed by atoms with Crippen LogP contribution in [0.4, 0.5) is 0 Å². The molecule has 8 nitrogen and oxygen atoms in total. The van der Waals surface area contributed by atoms with Crippen molar-refractivity contribution in [2.45, 2.75) is 37.1 Å². The van der Waals surface area contributed by atoms with Crippen LogP contribution in [-0.2, 0) is 24.3 Å². The molecule has 0 aliphatic carbocycles. The highest BCUT2D eigenvalue weighted by atomic mass is 32.2. The normalized spacial score (nSPS) is 23.3. The Labute approximate surface area is 166 Å². The number of benzene rings is 1. The van der Waals surface area contributed by atoms with Gasteiger partial charge >= 0.3 is 0 Å². The lowest BCUT2D eigenvalue weighted by Crippen LogP contribution is -2.61. The summed E-state index contributed by atoms with van der Waals surface area (Å²) < 4.78 is 43.8. The monoisotopic (exact) mass is 412 g/mol. The molecule has 2 fully saturated rings. The van der Waals surface area contributed by atoms with Crippen LogP contribution >= 0.6 is 0 Å². The zero-order valence-corrected chi connectivity index (χ0v) is 17.1. The summed E-state index contributed by atoms with van der Waals surface area (Å²) in [6.45, 7) is 3.05. The van der Waals surface area contributed by atoms with E-state index in [9.17, 15) is 13.2 Å². The number of sulfonamides is 1. The fourth-order valence-electron chi connectivity index (χ4n) is 3.52. The molecule has 2 aliphatic heterocycles. The van der Waals surface area contributed by atoms with Crippen LogP contribution in [0.1, 0.15) is 18.4 Å². The highest BCUT2D eigenvalue weighted by Gasteiger charge is 2.40. The number of carbonyl (C=O) groups excluding carboxylic acids is 1. The van der Waals surface area contributed by atoms with Gasteiger partial charge in [-0.15, -0.1) is 0 Å². The third-order valence-electron chi connectivity index (χ3n) is 5.24. The van der Waals surface area contributed by atoms with Gasteiger partial charge in [-0.25, -0.2) is 13.1 Å². The van der Waals surface area contributed by atoms with Crippen LogP contribution in [0.5, 0.6) is 5.75 Å². The van der Waals surface area contributed by atoms with Gasteiger partial charge in [-0.05, 0) is 31.4 Å². The van der Waals surface area contributed by atoms with E-state index in [2.05, 4.69) is 4.72 Å². The molecule has 0 radical (unpaired) electrons. The molecule has 9 heteroatoms. The molecule has 1 N–H and O–H groups in total. The molecule has 1 aromatic carbocycles. The highest BCUT2D eigenvalue weighted by Crippen LogP contribution is 2.22. The highest BCUT2D eigenvalue weighted by molar-refractivity contribution is 7.90. The Balaban J connectivity index is 1.66. The van der Waals surface area contributed by atoms with E-state index in [0.717, 1.165) is 5.56 Å². The molecule has 156 valence electrons. The van der Waals surface area contributed by atoms with E-state index in [1.54, 1.807) is 12.0 Å². The zero-order valence-electron chi connectivity index (χ0n) is 16.3.